The van der Waals surface area contributed by atoms with E-state index in [1.54, 1.807) is 13.0 Å². The average molecular weight is 247 g/mol. The topological polar surface area (TPSA) is 36.7 Å². The Labute approximate surface area is 82.3 Å². The van der Waals surface area contributed by atoms with E-state index < -0.39 is 6.43 Å². The highest BCUT2D eigenvalue weighted by Gasteiger charge is 2.18. The van der Waals surface area contributed by atoms with E-state index in [0.29, 0.717) is 5.69 Å². The van der Waals surface area contributed by atoms with Gasteiger partial charge >= 0.3 is 0 Å². The fraction of sp³-hybridized carbons (Fsp3) is 0.250. The maximum Gasteiger partial charge on any atom is 0.266 e. The van der Waals surface area contributed by atoms with Crippen molar-refractivity contribution in [1.29, 1.82) is 5.26 Å². The van der Waals surface area contributed by atoms with Crippen molar-refractivity contribution < 1.29 is 8.78 Å². The van der Waals surface area contributed by atoms with Gasteiger partial charge in [0.25, 0.3) is 6.43 Å². The minimum atomic E-state index is -2.66. The van der Waals surface area contributed by atoms with Gasteiger partial charge in [-0.15, -0.1) is 0 Å². The molecule has 0 aromatic carbocycles. The number of pyridine rings is 1. The Kier molecular flexibility index (Phi) is 2.94. The third kappa shape index (κ3) is 1.83. The lowest BCUT2D eigenvalue weighted by Gasteiger charge is -2.06. The lowest BCUT2D eigenvalue weighted by atomic mass is 10.1. The van der Waals surface area contributed by atoms with Crippen LogP contribution in [0, 0.1) is 18.3 Å². The van der Waals surface area contributed by atoms with Gasteiger partial charge in [-0.2, -0.15) is 5.26 Å². The van der Waals surface area contributed by atoms with E-state index in [0.717, 1.165) is 6.20 Å². The summed E-state index contributed by atoms with van der Waals surface area (Å²) in [6.45, 7) is 1.59. The zero-order chi connectivity index (χ0) is 10.0. The standard InChI is InChI=1S/C8H5BrF2N2/c1-4-7(9)6(8(10)11)5(2-12)3-13-4/h3,8H,1H3. The van der Waals surface area contributed by atoms with Crippen LogP contribution in [0.3, 0.4) is 0 Å². The zero-order valence-electron chi connectivity index (χ0n) is 6.68. The first-order valence-corrected chi connectivity index (χ1v) is 4.20. The molecule has 0 amide bonds. The second kappa shape index (κ2) is 3.79. The van der Waals surface area contributed by atoms with E-state index in [1.807, 2.05) is 0 Å². The number of hydrogen-bond donors (Lipinski definition) is 0. The third-order valence-electron chi connectivity index (χ3n) is 1.57. The summed E-state index contributed by atoms with van der Waals surface area (Å²) in [5.74, 6) is 0. The van der Waals surface area contributed by atoms with Crippen LogP contribution in [-0.2, 0) is 0 Å². The molecular formula is C8H5BrF2N2. The van der Waals surface area contributed by atoms with Crippen LogP contribution in [0.1, 0.15) is 23.2 Å². The van der Waals surface area contributed by atoms with Crippen LogP contribution in [0.15, 0.2) is 10.7 Å². The number of nitriles is 1. The van der Waals surface area contributed by atoms with Crippen molar-refractivity contribution >= 4 is 15.9 Å². The molecule has 1 rings (SSSR count). The molecule has 1 aromatic rings. The highest BCUT2D eigenvalue weighted by Crippen LogP contribution is 2.31. The fourth-order valence-corrected chi connectivity index (χ4v) is 1.39. The summed E-state index contributed by atoms with van der Waals surface area (Å²) in [6, 6.07) is 1.67. The van der Waals surface area contributed by atoms with Crippen LogP contribution in [0.2, 0.25) is 0 Å². The SMILES string of the molecule is Cc1ncc(C#N)c(C(F)F)c1Br. The van der Waals surface area contributed by atoms with Crippen LogP contribution in [-0.4, -0.2) is 4.98 Å². The number of halogens is 3. The van der Waals surface area contributed by atoms with E-state index >= 15 is 0 Å². The third-order valence-corrected chi connectivity index (χ3v) is 2.57. The van der Waals surface area contributed by atoms with E-state index in [-0.39, 0.29) is 15.6 Å². The molecule has 2 nitrogen and oxygen atoms in total. The molecule has 0 saturated heterocycles. The first-order chi connectivity index (χ1) is 6.07. The van der Waals surface area contributed by atoms with Gasteiger partial charge in [0.1, 0.15) is 6.07 Å². The van der Waals surface area contributed by atoms with Crippen LogP contribution >= 0.6 is 15.9 Å². The molecule has 0 bridgehead atoms. The molecule has 0 atom stereocenters. The average Bonchev–Trinajstić information content (AvgIpc) is 2.08. The molecule has 0 aliphatic rings. The van der Waals surface area contributed by atoms with Gasteiger partial charge in [0.15, 0.2) is 0 Å². The molecule has 0 spiro atoms. The Hall–Kier alpha value is -1.02. The van der Waals surface area contributed by atoms with E-state index in [9.17, 15) is 8.78 Å². The Morgan fingerprint density at radius 2 is 2.23 bits per heavy atom. The van der Waals surface area contributed by atoms with Crippen molar-refractivity contribution in [3.05, 3.63) is 27.5 Å². The molecule has 13 heavy (non-hydrogen) atoms. The van der Waals surface area contributed by atoms with Crippen LogP contribution in [0.25, 0.3) is 0 Å². The highest BCUT2D eigenvalue weighted by molar-refractivity contribution is 9.10. The van der Waals surface area contributed by atoms with E-state index in [2.05, 4.69) is 20.9 Å². The van der Waals surface area contributed by atoms with Gasteiger partial charge in [-0.3, -0.25) is 4.98 Å². The quantitative estimate of drug-likeness (QED) is 0.764. The molecule has 0 N–H and O–H groups in total. The molecule has 0 radical (unpaired) electrons. The van der Waals surface area contributed by atoms with Crippen molar-refractivity contribution in [2.24, 2.45) is 0 Å². The lowest BCUT2D eigenvalue weighted by molar-refractivity contribution is 0.150. The summed E-state index contributed by atoms with van der Waals surface area (Å²) in [5, 5.41) is 8.54. The summed E-state index contributed by atoms with van der Waals surface area (Å²) < 4.78 is 25.1. The maximum absolute atomic E-state index is 12.4. The molecule has 0 aliphatic carbocycles. The maximum atomic E-state index is 12.4. The Bertz CT molecular complexity index is 371. The van der Waals surface area contributed by atoms with Gasteiger partial charge in [-0.1, -0.05) is 0 Å². The number of rotatable bonds is 1. The smallest absolute Gasteiger partial charge is 0.259 e. The summed E-state index contributed by atoms with van der Waals surface area (Å²) in [6.07, 6.45) is -1.51. The molecule has 0 saturated carbocycles. The van der Waals surface area contributed by atoms with Gasteiger partial charge < -0.3 is 0 Å². The molecular weight excluding hydrogens is 242 g/mol. The zero-order valence-corrected chi connectivity index (χ0v) is 8.27. The number of hydrogen-bond acceptors (Lipinski definition) is 2. The first kappa shape index (κ1) is 10.1. The Morgan fingerprint density at radius 1 is 1.62 bits per heavy atom. The normalized spacial score (nSPS) is 10.2. The summed E-state index contributed by atoms with van der Waals surface area (Å²) in [5.41, 5.74) is 0.0803. The van der Waals surface area contributed by atoms with Crippen molar-refractivity contribution in [2.45, 2.75) is 13.3 Å². The van der Waals surface area contributed by atoms with Crippen molar-refractivity contribution in [3.63, 3.8) is 0 Å². The second-order valence-corrected chi connectivity index (χ2v) is 3.19. The Balaban J connectivity index is 3.43. The first-order valence-electron chi connectivity index (χ1n) is 3.41. The summed E-state index contributed by atoms with van der Waals surface area (Å²) in [7, 11) is 0. The molecule has 1 heterocycles. The van der Waals surface area contributed by atoms with E-state index in [4.69, 9.17) is 5.26 Å². The number of alkyl halides is 2. The van der Waals surface area contributed by atoms with Crippen molar-refractivity contribution in [2.75, 3.05) is 0 Å². The van der Waals surface area contributed by atoms with Gasteiger partial charge in [0.2, 0.25) is 0 Å². The molecule has 5 heteroatoms. The highest BCUT2D eigenvalue weighted by atomic mass is 79.9. The molecule has 68 valence electrons. The fourth-order valence-electron chi connectivity index (χ4n) is 0.903. The lowest BCUT2D eigenvalue weighted by Crippen LogP contribution is -1.97. The van der Waals surface area contributed by atoms with Gasteiger partial charge in [-0.25, -0.2) is 8.78 Å². The number of nitrogens with zero attached hydrogens (tertiary/aromatic N) is 2. The molecule has 1 aromatic heterocycles. The second-order valence-electron chi connectivity index (χ2n) is 2.40. The number of aryl methyl sites for hydroxylation is 1. The largest absolute Gasteiger partial charge is 0.266 e. The molecule has 0 aliphatic heterocycles. The molecule has 0 fully saturated rings. The monoisotopic (exact) mass is 246 g/mol. The Morgan fingerprint density at radius 3 is 2.69 bits per heavy atom. The number of aromatic nitrogens is 1. The summed E-state index contributed by atoms with van der Waals surface area (Å²) in [4.78, 5) is 3.79. The molecule has 0 unspecified atom stereocenters. The van der Waals surface area contributed by atoms with Gasteiger partial charge in [0, 0.05) is 10.7 Å². The minimum Gasteiger partial charge on any atom is -0.259 e. The predicted octanol–water partition coefficient (Wildman–Crippen LogP) is 2.96. The predicted molar refractivity (Wildman–Crippen MR) is 46.3 cm³/mol. The summed E-state index contributed by atoms with van der Waals surface area (Å²) >= 11 is 2.98. The van der Waals surface area contributed by atoms with Crippen molar-refractivity contribution in [1.82, 2.24) is 4.98 Å². The van der Waals surface area contributed by atoms with Crippen LogP contribution < -0.4 is 0 Å². The van der Waals surface area contributed by atoms with Crippen LogP contribution in [0.5, 0.6) is 0 Å². The van der Waals surface area contributed by atoms with Gasteiger partial charge in [-0.05, 0) is 22.9 Å². The van der Waals surface area contributed by atoms with Crippen LogP contribution in [0.4, 0.5) is 8.78 Å². The minimum absolute atomic E-state index is 0.0903. The van der Waals surface area contributed by atoms with Gasteiger partial charge in [0.05, 0.1) is 16.8 Å². The van der Waals surface area contributed by atoms with E-state index in [1.165, 1.54) is 0 Å². The van der Waals surface area contributed by atoms with Crippen molar-refractivity contribution in [3.8, 4) is 6.07 Å².